The van der Waals surface area contributed by atoms with Gasteiger partial charge >= 0.3 is 4.87 Å². The van der Waals surface area contributed by atoms with Gasteiger partial charge in [-0.3, -0.25) is 14.5 Å². The molecule has 0 aliphatic carbocycles. The fraction of sp³-hybridized carbons (Fsp3) is 0.348. The van der Waals surface area contributed by atoms with Gasteiger partial charge in [0.05, 0.1) is 16.3 Å². The summed E-state index contributed by atoms with van der Waals surface area (Å²) in [5, 5.41) is 9.74. The number of rotatable bonds is 5. The van der Waals surface area contributed by atoms with Crippen LogP contribution in [-0.4, -0.2) is 47.2 Å². The highest BCUT2D eigenvalue weighted by Gasteiger charge is 2.28. The van der Waals surface area contributed by atoms with Gasteiger partial charge in [-0.1, -0.05) is 41.7 Å². The minimum atomic E-state index is -0.677. The molecule has 1 saturated heterocycles. The van der Waals surface area contributed by atoms with E-state index in [0.717, 1.165) is 33.3 Å². The Morgan fingerprint density at radius 3 is 2.74 bits per heavy atom. The normalized spacial score (nSPS) is 18.4. The number of benzene rings is 2. The standard InChI is InChI=1S/C23H24N4O3S/c1-26-19-12-17(7-8-21(19)31-23(26)29)16-5-3-15(4-6-16)11-18(13-24)27-9-2-10-30-20(14-27)22(25)28/h3-8,12,18,20H,2,9-11,14H2,1H3,(H2,25,28)/t18-,20-/m0/s1. The lowest BCUT2D eigenvalue weighted by Crippen LogP contribution is -2.44. The average molecular weight is 437 g/mol. The fourth-order valence-corrected chi connectivity index (χ4v) is 4.78. The van der Waals surface area contributed by atoms with Crippen LogP contribution in [0.2, 0.25) is 0 Å². The van der Waals surface area contributed by atoms with Crippen molar-refractivity contribution in [3.8, 4) is 17.2 Å². The molecule has 2 aromatic carbocycles. The third-order valence-electron chi connectivity index (χ3n) is 5.72. The summed E-state index contributed by atoms with van der Waals surface area (Å²) in [6.45, 7) is 1.50. The van der Waals surface area contributed by atoms with Gasteiger partial charge in [-0.15, -0.1) is 0 Å². The first-order chi connectivity index (χ1) is 15.0. The molecule has 1 fully saturated rings. The zero-order valence-corrected chi connectivity index (χ0v) is 18.1. The number of nitriles is 1. The lowest BCUT2D eigenvalue weighted by molar-refractivity contribution is -0.129. The topological polar surface area (TPSA) is 101 Å². The number of ether oxygens (including phenoxy) is 1. The van der Waals surface area contributed by atoms with Crippen LogP contribution in [-0.2, 0) is 23.0 Å². The molecule has 8 heteroatoms. The van der Waals surface area contributed by atoms with Gasteiger partial charge in [0.25, 0.3) is 0 Å². The van der Waals surface area contributed by atoms with Crippen molar-refractivity contribution < 1.29 is 9.53 Å². The van der Waals surface area contributed by atoms with E-state index >= 15 is 0 Å². The second kappa shape index (κ2) is 9.02. The van der Waals surface area contributed by atoms with Crippen molar-refractivity contribution in [3.05, 3.63) is 57.7 Å². The van der Waals surface area contributed by atoms with E-state index in [1.54, 1.807) is 11.6 Å². The number of hydrogen-bond acceptors (Lipinski definition) is 6. The Bertz CT molecular complexity index is 1190. The molecule has 0 unspecified atom stereocenters. The van der Waals surface area contributed by atoms with Crippen LogP contribution >= 0.6 is 11.3 Å². The maximum atomic E-state index is 11.9. The number of carbonyl (C=O) groups excluding carboxylic acids is 1. The van der Waals surface area contributed by atoms with Crippen molar-refractivity contribution in [2.24, 2.45) is 12.8 Å². The van der Waals surface area contributed by atoms with E-state index in [0.29, 0.717) is 26.1 Å². The van der Waals surface area contributed by atoms with Crippen LogP contribution in [0.1, 0.15) is 12.0 Å². The lowest BCUT2D eigenvalue weighted by atomic mass is 10.00. The maximum absolute atomic E-state index is 11.9. The van der Waals surface area contributed by atoms with E-state index in [4.69, 9.17) is 10.5 Å². The Hall–Kier alpha value is -2.99. The molecule has 2 N–H and O–H groups in total. The molecule has 31 heavy (non-hydrogen) atoms. The Balaban J connectivity index is 1.51. The third-order valence-corrected chi connectivity index (χ3v) is 6.74. The van der Waals surface area contributed by atoms with Crippen LogP contribution in [0.25, 0.3) is 21.3 Å². The SMILES string of the molecule is Cn1c(=O)sc2ccc(-c3ccc(C[C@@H](C#N)N4CCCO[C@H](C(N)=O)C4)cc3)cc21. The second-order valence-electron chi connectivity index (χ2n) is 7.77. The number of fused-ring (bicyclic) bond motifs is 1. The zero-order chi connectivity index (χ0) is 22.0. The molecule has 1 aromatic heterocycles. The van der Waals surface area contributed by atoms with Crippen molar-refractivity contribution in [3.63, 3.8) is 0 Å². The molecule has 0 radical (unpaired) electrons. The van der Waals surface area contributed by atoms with Crippen LogP contribution in [0, 0.1) is 11.3 Å². The Kier molecular flexibility index (Phi) is 6.18. The van der Waals surface area contributed by atoms with E-state index in [1.807, 2.05) is 47.4 Å². The number of nitrogens with two attached hydrogens (primary N) is 1. The molecule has 4 rings (SSSR count). The first kappa shape index (κ1) is 21.2. The Morgan fingerprint density at radius 2 is 2.03 bits per heavy atom. The van der Waals surface area contributed by atoms with Crippen LogP contribution in [0.5, 0.6) is 0 Å². The minimum absolute atomic E-state index is 0.0301. The summed E-state index contributed by atoms with van der Waals surface area (Å²) in [6.07, 6.45) is 0.637. The number of hydrogen-bond donors (Lipinski definition) is 1. The summed E-state index contributed by atoms with van der Waals surface area (Å²) in [5.74, 6) is -0.493. The number of thiazole rings is 1. The van der Waals surface area contributed by atoms with E-state index < -0.39 is 12.0 Å². The number of carbonyl (C=O) groups is 1. The zero-order valence-electron chi connectivity index (χ0n) is 17.3. The molecule has 0 spiro atoms. The van der Waals surface area contributed by atoms with Crippen LogP contribution in [0.15, 0.2) is 47.3 Å². The molecule has 0 bridgehead atoms. The van der Waals surface area contributed by atoms with Crippen LogP contribution in [0.4, 0.5) is 0 Å². The van der Waals surface area contributed by atoms with Gasteiger partial charge < -0.3 is 15.0 Å². The van der Waals surface area contributed by atoms with Gasteiger partial charge in [0.15, 0.2) is 0 Å². The smallest absolute Gasteiger partial charge is 0.307 e. The summed E-state index contributed by atoms with van der Waals surface area (Å²) >= 11 is 1.25. The van der Waals surface area contributed by atoms with Crippen molar-refractivity contribution in [1.82, 2.24) is 9.47 Å². The van der Waals surface area contributed by atoms with Gasteiger partial charge in [0.2, 0.25) is 5.91 Å². The predicted octanol–water partition coefficient (Wildman–Crippen LogP) is 2.28. The molecular weight excluding hydrogens is 412 g/mol. The fourth-order valence-electron chi connectivity index (χ4n) is 3.92. The van der Waals surface area contributed by atoms with Crippen LogP contribution in [0.3, 0.4) is 0 Å². The molecule has 0 saturated carbocycles. The van der Waals surface area contributed by atoms with Gasteiger partial charge in [0.1, 0.15) is 12.1 Å². The Morgan fingerprint density at radius 1 is 1.29 bits per heavy atom. The highest BCUT2D eigenvalue weighted by molar-refractivity contribution is 7.16. The van der Waals surface area contributed by atoms with Gasteiger partial charge in [-0.2, -0.15) is 5.26 Å². The van der Waals surface area contributed by atoms with E-state index in [1.165, 1.54) is 11.3 Å². The van der Waals surface area contributed by atoms with Crippen LogP contribution < -0.4 is 10.6 Å². The quantitative estimate of drug-likeness (QED) is 0.661. The third kappa shape index (κ3) is 4.54. The molecule has 1 aliphatic rings. The molecule has 2 heterocycles. The number of aromatic nitrogens is 1. The lowest BCUT2D eigenvalue weighted by Gasteiger charge is -2.27. The Labute approximate surface area is 184 Å². The summed E-state index contributed by atoms with van der Waals surface area (Å²) in [4.78, 5) is 25.5. The van der Waals surface area contributed by atoms with Crippen molar-refractivity contribution in [2.45, 2.75) is 25.0 Å². The van der Waals surface area contributed by atoms with E-state index in [9.17, 15) is 14.9 Å². The van der Waals surface area contributed by atoms with E-state index in [-0.39, 0.29) is 10.9 Å². The number of amides is 1. The molecule has 3 aromatic rings. The number of nitrogens with zero attached hydrogens (tertiary/aromatic N) is 3. The first-order valence-electron chi connectivity index (χ1n) is 10.2. The molecule has 160 valence electrons. The molecule has 7 nitrogen and oxygen atoms in total. The van der Waals surface area contributed by atoms with Gasteiger partial charge in [-0.25, -0.2) is 0 Å². The summed E-state index contributed by atoms with van der Waals surface area (Å²) in [5.41, 5.74) is 9.48. The molecular formula is C23H24N4O3S. The second-order valence-corrected chi connectivity index (χ2v) is 8.76. The van der Waals surface area contributed by atoms with Crippen molar-refractivity contribution >= 4 is 27.5 Å². The molecule has 2 atom stereocenters. The monoisotopic (exact) mass is 436 g/mol. The van der Waals surface area contributed by atoms with Crippen molar-refractivity contribution in [1.29, 1.82) is 5.26 Å². The highest BCUT2D eigenvalue weighted by atomic mass is 32.1. The maximum Gasteiger partial charge on any atom is 0.307 e. The number of primary amides is 1. The first-order valence-corrected chi connectivity index (χ1v) is 11.0. The predicted molar refractivity (Wildman–Crippen MR) is 121 cm³/mol. The number of aryl methyl sites for hydroxylation is 1. The average Bonchev–Trinajstić information content (AvgIpc) is 2.94. The highest BCUT2D eigenvalue weighted by Crippen LogP contribution is 2.26. The summed E-state index contributed by atoms with van der Waals surface area (Å²) < 4.78 is 8.14. The minimum Gasteiger partial charge on any atom is -0.367 e. The summed E-state index contributed by atoms with van der Waals surface area (Å²) in [7, 11) is 1.78. The molecule has 1 amide bonds. The van der Waals surface area contributed by atoms with Gasteiger partial charge in [-0.05, 0) is 35.2 Å². The van der Waals surface area contributed by atoms with Crippen molar-refractivity contribution in [2.75, 3.05) is 19.7 Å². The summed E-state index contributed by atoms with van der Waals surface area (Å²) in [6, 6.07) is 16.2. The largest absolute Gasteiger partial charge is 0.367 e. The van der Waals surface area contributed by atoms with E-state index in [2.05, 4.69) is 6.07 Å². The molecule has 1 aliphatic heterocycles. The van der Waals surface area contributed by atoms with Gasteiger partial charge in [0, 0.05) is 33.2 Å².